The van der Waals surface area contributed by atoms with Gasteiger partial charge in [-0.1, -0.05) is 0 Å². The maximum Gasteiger partial charge on any atom is 0.0563 e. The van der Waals surface area contributed by atoms with Crippen LogP contribution in [0.5, 0.6) is 0 Å². The molecule has 0 rings (SSSR count). The molecule has 0 spiro atoms. The summed E-state index contributed by atoms with van der Waals surface area (Å²) in [6.45, 7) is 15.7. The van der Waals surface area contributed by atoms with Crippen molar-refractivity contribution in [3.8, 4) is 0 Å². The zero-order chi connectivity index (χ0) is 13.5. The number of rotatable bonds is 0. The van der Waals surface area contributed by atoms with Crippen molar-refractivity contribution in [3.63, 3.8) is 0 Å². The van der Waals surface area contributed by atoms with E-state index in [1.54, 1.807) is 62.3 Å². The van der Waals surface area contributed by atoms with Crippen LogP contribution in [0.2, 0.25) is 0 Å². The van der Waals surface area contributed by atoms with Gasteiger partial charge in [0.2, 0.25) is 0 Å². The molecular formula is C12H30MoO3. The molecule has 3 N–H and O–H groups in total. The summed E-state index contributed by atoms with van der Waals surface area (Å²) in [6, 6.07) is 0. The van der Waals surface area contributed by atoms with Gasteiger partial charge in [-0.2, -0.15) is 0 Å². The first-order valence-electron chi connectivity index (χ1n) is 5.17. The van der Waals surface area contributed by atoms with E-state index >= 15 is 0 Å². The largest absolute Gasteiger partial charge is 0.391 e. The summed E-state index contributed by atoms with van der Waals surface area (Å²) in [5.41, 5.74) is -1.50. The zero-order valence-electron chi connectivity index (χ0n) is 12.2. The van der Waals surface area contributed by atoms with Crippen LogP contribution in [0.1, 0.15) is 62.3 Å². The van der Waals surface area contributed by atoms with Gasteiger partial charge in [0.05, 0.1) is 16.8 Å². The van der Waals surface area contributed by atoms with Crippen LogP contribution < -0.4 is 0 Å². The van der Waals surface area contributed by atoms with Crippen LogP contribution in [-0.4, -0.2) is 32.1 Å². The molecule has 0 saturated carbocycles. The molecule has 3 nitrogen and oxygen atoms in total. The Kier molecular flexibility index (Phi) is 15.2. The van der Waals surface area contributed by atoms with E-state index in [0.29, 0.717) is 0 Å². The summed E-state index contributed by atoms with van der Waals surface area (Å²) in [6.07, 6.45) is 0. The van der Waals surface area contributed by atoms with Gasteiger partial charge in [0.1, 0.15) is 0 Å². The Balaban J connectivity index is -0.0000000655. The van der Waals surface area contributed by atoms with Crippen molar-refractivity contribution in [1.82, 2.24) is 0 Å². The fourth-order valence-electron chi connectivity index (χ4n) is 0. The van der Waals surface area contributed by atoms with E-state index in [4.69, 9.17) is 15.3 Å². The fourth-order valence-corrected chi connectivity index (χ4v) is 0. The first-order valence-corrected chi connectivity index (χ1v) is 5.17. The monoisotopic (exact) mass is 320 g/mol. The molecule has 4 heteroatoms. The van der Waals surface area contributed by atoms with Gasteiger partial charge in [0, 0.05) is 21.1 Å². The molecule has 0 aromatic rings. The summed E-state index contributed by atoms with van der Waals surface area (Å²) < 4.78 is 0. The molecule has 102 valence electrons. The van der Waals surface area contributed by atoms with Crippen molar-refractivity contribution in [2.75, 3.05) is 0 Å². The van der Waals surface area contributed by atoms with Crippen LogP contribution in [0.3, 0.4) is 0 Å². The summed E-state index contributed by atoms with van der Waals surface area (Å²) in [5.74, 6) is 0. The standard InChI is InChI=1S/3C4H10O.Mo/c3*1-4(2,3)5;/h3*5H,1-3H3;. The van der Waals surface area contributed by atoms with Crippen molar-refractivity contribution in [2.24, 2.45) is 0 Å². The van der Waals surface area contributed by atoms with Crippen LogP contribution in [0.15, 0.2) is 0 Å². The van der Waals surface area contributed by atoms with Crippen LogP contribution in [0, 0.1) is 0 Å². The number of aliphatic hydroxyl groups is 3. The average molecular weight is 318 g/mol. The van der Waals surface area contributed by atoms with Gasteiger partial charge in [-0.05, 0) is 62.3 Å². The molecule has 0 radical (unpaired) electrons. The van der Waals surface area contributed by atoms with Crippen LogP contribution >= 0.6 is 0 Å². The van der Waals surface area contributed by atoms with Gasteiger partial charge in [0.25, 0.3) is 0 Å². The van der Waals surface area contributed by atoms with E-state index in [-0.39, 0.29) is 21.1 Å². The molecule has 0 amide bonds. The Labute approximate surface area is 116 Å². The topological polar surface area (TPSA) is 60.7 Å². The van der Waals surface area contributed by atoms with Gasteiger partial charge >= 0.3 is 0 Å². The van der Waals surface area contributed by atoms with E-state index in [2.05, 4.69) is 0 Å². The zero-order valence-corrected chi connectivity index (χ0v) is 14.3. The molecule has 0 atom stereocenters. The van der Waals surface area contributed by atoms with E-state index in [9.17, 15) is 0 Å². The second kappa shape index (κ2) is 9.58. The first kappa shape index (κ1) is 25.4. The second-order valence-electron chi connectivity index (χ2n) is 6.51. The Hall–Kier alpha value is 0.568. The smallest absolute Gasteiger partial charge is 0.0563 e. The average Bonchev–Trinajstić information content (AvgIpc) is 1.41. The molecular weight excluding hydrogens is 288 g/mol. The minimum atomic E-state index is -0.500. The summed E-state index contributed by atoms with van der Waals surface area (Å²) >= 11 is 0. The third-order valence-corrected chi connectivity index (χ3v) is 0. The van der Waals surface area contributed by atoms with Crippen molar-refractivity contribution < 1.29 is 36.4 Å². The molecule has 0 bridgehead atoms. The molecule has 0 aromatic carbocycles. The predicted molar refractivity (Wildman–Crippen MR) is 65.9 cm³/mol. The maximum absolute atomic E-state index is 8.52. The predicted octanol–water partition coefficient (Wildman–Crippen LogP) is 2.33. The minimum Gasteiger partial charge on any atom is -0.391 e. The fraction of sp³-hybridized carbons (Fsp3) is 1.00. The van der Waals surface area contributed by atoms with Crippen molar-refractivity contribution >= 4 is 0 Å². The Morgan fingerprint density at radius 3 is 0.438 bits per heavy atom. The van der Waals surface area contributed by atoms with Crippen LogP contribution in [-0.2, 0) is 21.1 Å². The quantitative estimate of drug-likeness (QED) is 0.601. The van der Waals surface area contributed by atoms with E-state index < -0.39 is 16.8 Å². The minimum absolute atomic E-state index is 0. The molecule has 0 saturated heterocycles. The Morgan fingerprint density at radius 1 is 0.438 bits per heavy atom. The van der Waals surface area contributed by atoms with Gasteiger partial charge < -0.3 is 15.3 Å². The first-order chi connectivity index (χ1) is 6.00. The summed E-state index contributed by atoms with van der Waals surface area (Å²) in [7, 11) is 0. The van der Waals surface area contributed by atoms with E-state index in [0.717, 1.165) is 0 Å². The van der Waals surface area contributed by atoms with Gasteiger partial charge in [-0.25, -0.2) is 0 Å². The van der Waals surface area contributed by atoms with Crippen LogP contribution in [0.25, 0.3) is 0 Å². The third kappa shape index (κ3) is 8300. The molecule has 0 aromatic heterocycles. The molecule has 0 unspecified atom stereocenters. The van der Waals surface area contributed by atoms with Gasteiger partial charge in [-0.3, -0.25) is 0 Å². The van der Waals surface area contributed by atoms with Crippen LogP contribution in [0.4, 0.5) is 0 Å². The normalized spacial score (nSPS) is 11.2. The summed E-state index contributed by atoms with van der Waals surface area (Å²) in [4.78, 5) is 0. The van der Waals surface area contributed by atoms with Gasteiger partial charge in [0.15, 0.2) is 0 Å². The Bertz CT molecular complexity index is 91.3. The van der Waals surface area contributed by atoms with E-state index in [1.807, 2.05) is 0 Å². The molecule has 16 heavy (non-hydrogen) atoms. The molecule has 0 fully saturated rings. The van der Waals surface area contributed by atoms with Gasteiger partial charge in [-0.15, -0.1) is 0 Å². The summed E-state index contributed by atoms with van der Waals surface area (Å²) in [5, 5.41) is 25.6. The number of hydrogen-bond acceptors (Lipinski definition) is 3. The van der Waals surface area contributed by atoms with Crippen molar-refractivity contribution in [1.29, 1.82) is 0 Å². The van der Waals surface area contributed by atoms with Crippen molar-refractivity contribution in [3.05, 3.63) is 0 Å². The third-order valence-electron chi connectivity index (χ3n) is 0. The molecule has 0 aliphatic rings. The SMILES string of the molecule is CC(C)(C)O.CC(C)(C)O.CC(C)(C)O.[Mo]. The van der Waals surface area contributed by atoms with Crippen molar-refractivity contribution in [2.45, 2.75) is 79.1 Å². The van der Waals surface area contributed by atoms with E-state index in [1.165, 1.54) is 0 Å². The molecule has 0 aliphatic carbocycles. The number of hydrogen-bond donors (Lipinski definition) is 3. The second-order valence-corrected chi connectivity index (χ2v) is 6.51. The Morgan fingerprint density at radius 2 is 0.438 bits per heavy atom. The maximum atomic E-state index is 8.52. The molecule has 0 heterocycles. The molecule has 0 aliphatic heterocycles.